The molecule has 2 aromatic heterocycles. The van der Waals surface area contributed by atoms with E-state index in [9.17, 15) is 4.79 Å². The molecule has 3 rings (SSSR count). The molecule has 0 spiro atoms. The van der Waals surface area contributed by atoms with Gasteiger partial charge in [0, 0.05) is 25.1 Å². The number of para-hydroxylation sites is 1. The molecule has 0 saturated heterocycles. The van der Waals surface area contributed by atoms with E-state index in [1.54, 1.807) is 19.3 Å². The summed E-state index contributed by atoms with van der Waals surface area (Å²) in [6, 6.07) is 13.1. The first kappa shape index (κ1) is 16.7. The monoisotopic (exact) mass is 336 g/mol. The number of rotatable bonds is 6. The summed E-state index contributed by atoms with van der Waals surface area (Å²) in [5.41, 5.74) is 0.918. The van der Waals surface area contributed by atoms with Gasteiger partial charge in [-0.15, -0.1) is 0 Å². The van der Waals surface area contributed by atoms with Crippen molar-refractivity contribution in [1.29, 1.82) is 0 Å². The van der Waals surface area contributed by atoms with Crippen molar-refractivity contribution in [2.24, 2.45) is 0 Å². The minimum atomic E-state index is -0.566. The van der Waals surface area contributed by atoms with E-state index in [4.69, 9.17) is 4.74 Å². The summed E-state index contributed by atoms with van der Waals surface area (Å²) in [6.45, 7) is 4.05. The number of aromatic nitrogens is 3. The van der Waals surface area contributed by atoms with Gasteiger partial charge in [-0.25, -0.2) is 9.97 Å². The van der Waals surface area contributed by atoms with Gasteiger partial charge in [0.25, 0.3) is 5.91 Å². The van der Waals surface area contributed by atoms with Crippen molar-refractivity contribution in [2.45, 2.75) is 26.5 Å². The number of pyridine rings is 1. The van der Waals surface area contributed by atoms with Crippen molar-refractivity contribution in [1.82, 2.24) is 19.9 Å². The molecule has 1 aromatic carbocycles. The van der Waals surface area contributed by atoms with E-state index in [-0.39, 0.29) is 5.91 Å². The molecule has 3 aromatic rings. The van der Waals surface area contributed by atoms with E-state index >= 15 is 0 Å². The molecular formula is C19H20N4O2. The van der Waals surface area contributed by atoms with Crippen molar-refractivity contribution in [3.05, 3.63) is 72.4 Å². The third-order valence-corrected chi connectivity index (χ3v) is 3.77. The first-order valence-corrected chi connectivity index (χ1v) is 8.08. The summed E-state index contributed by atoms with van der Waals surface area (Å²) in [6.07, 6.45) is 4.78. The second kappa shape index (κ2) is 7.61. The zero-order valence-corrected chi connectivity index (χ0v) is 14.2. The second-order valence-corrected chi connectivity index (χ2v) is 5.66. The zero-order valence-electron chi connectivity index (χ0n) is 14.2. The number of ether oxygens (including phenoxy) is 1. The minimum absolute atomic E-state index is 0.168. The van der Waals surface area contributed by atoms with Gasteiger partial charge < -0.3 is 10.1 Å². The Morgan fingerprint density at radius 3 is 2.64 bits per heavy atom. The third kappa shape index (κ3) is 4.23. The number of hydrogen-bond acceptors (Lipinski definition) is 4. The highest BCUT2D eigenvalue weighted by molar-refractivity contribution is 5.80. The number of aryl methyl sites for hydroxylation is 1. The zero-order chi connectivity index (χ0) is 17.6. The number of carbonyl (C=O) groups is 1. The number of carbonyl (C=O) groups excluding carboxylic acids is 1. The Kier molecular flexibility index (Phi) is 5.09. The predicted molar refractivity (Wildman–Crippen MR) is 94.5 cm³/mol. The minimum Gasteiger partial charge on any atom is -0.481 e. The molecule has 0 saturated carbocycles. The Morgan fingerprint density at radius 1 is 1.20 bits per heavy atom. The maximum absolute atomic E-state index is 12.2. The lowest BCUT2D eigenvalue weighted by molar-refractivity contribution is -0.127. The van der Waals surface area contributed by atoms with Crippen LogP contribution >= 0.6 is 0 Å². The summed E-state index contributed by atoms with van der Waals surface area (Å²) >= 11 is 0. The van der Waals surface area contributed by atoms with Crippen LogP contribution in [-0.2, 0) is 11.3 Å². The molecule has 0 bridgehead atoms. The number of nitrogens with one attached hydrogen (secondary N) is 1. The van der Waals surface area contributed by atoms with Gasteiger partial charge in [-0.2, -0.15) is 0 Å². The molecule has 2 heterocycles. The fourth-order valence-corrected chi connectivity index (χ4v) is 2.37. The Morgan fingerprint density at radius 2 is 2.00 bits per heavy atom. The Labute approximate surface area is 146 Å². The normalized spacial score (nSPS) is 11.8. The third-order valence-electron chi connectivity index (χ3n) is 3.77. The molecule has 1 amide bonds. The highest BCUT2D eigenvalue weighted by Gasteiger charge is 2.14. The molecule has 1 unspecified atom stereocenters. The van der Waals surface area contributed by atoms with Crippen LogP contribution in [0.15, 0.2) is 61.1 Å². The average molecular weight is 336 g/mol. The largest absolute Gasteiger partial charge is 0.481 e. The van der Waals surface area contributed by atoms with Gasteiger partial charge in [0.15, 0.2) is 6.10 Å². The van der Waals surface area contributed by atoms with E-state index in [0.29, 0.717) is 12.3 Å². The number of amides is 1. The van der Waals surface area contributed by atoms with Crippen molar-refractivity contribution >= 4 is 5.91 Å². The van der Waals surface area contributed by atoms with E-state index in [0.717, 1.165) is 17.2 Å². The van der Waals surface area contributed by atoms with Crippen LogP contribution in [0.2, 0.25) is 0 Å². The van der Waals surface area contributed by atoms with E-state index in [1.165, 1.54) is 0 Å². The Bertz CT molecular complexity index is 828. The van der Waals surface area contributed by atoms with Crippen LogP contribution in [0.3, 0.4) is 0 Å². The maximum atomic E-state index is 12.2. The SMILES string of the molecule is Cc1nccn1-c1ccc(CNC(=O)C(C)Oc2ccccc2)cn1. The lowest BCUT2D eigenvalue weighted by atomic mass is 10.2. The van der Waals surface area contributed by atoms with Gasteiger partial charge in [-0.1, -0.05) is 24.3 Å². The molecular weight excluding hydrogens is 316 g/mol. The fraction of sp³-hybridized carbons (Fsp3) is 0.211. The molecule has 6 nitrogen and oxygen atoms in total. The first-order valence-electron chi connectivity index (χ1n) is 8.08. The number of hydrogen-bond donors (Lipinski definition) is 1. The van der Waals surface area contributed by atoms with E-state index in [2.05, 4.69) is 15.3 Å². The van der Waals surface area contributed by atoms with Gasteiger partial charge in [0.05, 0.1) is 0 Å². The van der Waals surface area contributed by atoms with Crippen molar-refractivity contribution in [3.63, 3.8) is 0 Å². The lowest BCUT2D eigenvalue weighted by Crippen LogP contribution is -2.35. The lowest BCUT2D eigenvalue weighted by Gasteiger charge is -2.14. The van der Waals surface area contributed by atoms with Gasteiger partial charge in [0.1, 0.15) is 17.4 Å². The predicted octanol–water partition coefficient (Wildman–Crippen LogP) is 2.66. The number of nitrogens with zero attached hydrogens (tertiary/aromatic N) is 3. The van der Waals surface area contributed by atoms with Gasteiger partial charge in [-0.05, 0) is 37.6 Å². The highest BCUT2D eigenvalue weighted by Crippen LogP contribution is 2.11. The van der Waals surface area contributed by atoms with Gasteiger partial charge in [-0.3, -0.25) is 9.36 Å². The number of imidazole rings is 1. The molecule has 0 fully saturated rings. The summed E-state index contributed by atoms with van der Waals surface area (Å²) < 4.78 is 7.51. The van der Waals surface area contributed by atoms with Crippen LogP contribution in [0, 0.1) is 6.92 Å². The molecule has 1 atom stereocenters. The van der Waals surface area contributed by atoms with E-state index < -0.39 is 6.10 Å². The molecule has 0 radical (unpaired) electrons. The van der Waals surface area contributed by atoms with Crippen LogP contribution < -0.4 is 10.1 Å². The summed E-state index contributed by atoms with van der Waals surface area (Å²) in [5, 5.41) is 2.86. The van der Waals surface area contributed by atoms with Crippen LogP contribution in [0.5, 0.6) is 5.75 Å². The van der Waals surface area contributed by atoms with Crippen LogP contribution in [0.25, 0.3) is 5.82 Å². The van der Waals surface area contributed by atoms with Crippen molar-refractivity contribution in [3.8, 4) is 11.6 Å². The topological polar surface area (TPSA) is 69.0 Å². The quantitative estimate of drug-likeness (QED) is 0.751. The van der Waals surface area contributed by atoms with Crippen LogP contribution in [0.4, 0.5) is 0 Å². The molecule has 1 N–H and O–H groups in total. The van der Waals surface area contributed by atoms with Crippen molar-refractivity contribution in [2.75, 3.05) is 0 Å². The smallest absolute Gasteiger partial charge is 0.261 e. The Hall–Kier alpha value is -3.15. The summed E-state index contributed by atoms with van der Waals surface area (Å²) in [7, 11) is 0. The first-order chi connectivity index (χ1) is 12.1. The van der Waals surface area contributed by atoms with Gasteiger partial charge >= 0.3 is 0 Å². The highest BCUT2D eigenvalue weighted by atomic mass is 16.5. The molecule has 0 aliphatic rings. The molecule has 6 heteroatoms. The number of benzene rings is 1. The fourth-order valence-electron chi connectivity index (χ4n) is 2.37. The van der Waals surface area contributed by atoms with E-state index in [1.807, 2.05) is 60.2 Å². The molecule has 0 aliphatic carbocycles. The van der Waals surface area contributed by atoms with Crippen molar-refractivity contribution < 1.29 is 9.53 Å². The average Bonchev–Trinajstić information content (AvgIpc) is 3.07. The summed E-state index contributed by atoms with van der Waals surface area (Å²) in [4.78, 5) is 20.7. The molecule has 25 heavy (non-hydrogen) atoms. The van der Waals surface area contributed by atoms with Crippen LogP contribution in [0.1, 0.15) is 18.3 Å². The maximum Gasteiger partial charge on any atom is 0.261 e. The Balaban J connectivity index is 1.54. The van der Waals surface area contributed by atoms with Gasteiger partial charge in [0.2, 0.25) is 0 Å². The van der Waals surface area contributed by atoms with Crippen LogP contribution in [-0.4, -0.2) is 26.5 Å². The second-order valence-electron chi connectivity index (χ2n) is 5.66. The summed E-state index contributed by atoms with van der Waals surface area (Å²) in [5.74, 6) is 2.18. The molecule has 0 aliphatic heterocycles. The standard InChI is InChI=1S/C19H20N4O2/c1-14(25-17-6-4-3-5-7-17)19(24)22-13-16-8-9-18(21-12-16)23-11-10-20-15(23)2/h3-12,14H,13H2,1-2H3,(H,22,24). The molecule has 128 valence electrons.